The van der Waals surface area contributed by atoms with Gasteiger partial charge in [-0.2, -0.15) is 0 Å². The van der Waals surface area contributed by atoms with Gasteiger partial charge in [0.05, 0.1) is 17.5 Å². The van der Waals surface area contributed by atoms with Crippen molar-refractivity contribution in [1.82, 2.24) is 20.6 Å². The second kappa shape index (κ2) is 8.78. The number of benzene rings is 2. The summed E-state index contributed by atoms with van der Waals surface area (Å²) in [5.74, 6) is 1.72. The zero-order valence-corrected chi connectivity index (χ0v) is 17.3. The van der Waals surface area contributed by atoms with Crippen molar-refractivity contribution in [2.45, 2.75) is 39.5 Å². The van der Waals surface area contributed by atoms with Crippen LogP contribution in [-0.4, -0.2) is 35.5 Å². The zero-order valence-electron chi connectivity index (χ0n) is 17.3. The molecule has 1 amide bonds. The molecule has 0 radical (unpaired) electrons. The molecule has 0 spiro atoms. The van der Waals surface area contributed by atoms with Crippen LogP contribution in [0.5, 0.6) is 0 Å². The van der Waals surface area contributed by atoms with E-state index in [2.05, 4.69) is 65.9 Å². The van der Waals surface area contributed by atoms with E-state index < -0.39 is 0 Å². The predicted octanol–water partition coefficient (Wildman–Crippen LogP) is 3.23. The number of nitrogens with one attached hydrogen (secondary N) is 3. The normalized spacial score (nSPS) is 16.4. The molecule has 5 nitrogen and oxygen atoms in total. The summed E-state index contributed by atoms with van der Waals surface area (Å²) in [6, 6.07) is 12.7. The van der Waals surface area contributed by atoms with Gasteiger partial charge in [0.2, 0.25) is 5.91 Å². The largest absolute Gasteiger partial charge is 0.355 e. The molecule has 4 rings (SSSR count). The average Bonchev–Trinajstić information content (AvgIpc) is 3.36. The Morgan fingerprint density at radius 2 is 1.93 bits per heavy atom. The summed E-state index contributed by atoms with van der Waals surface area (Å²) in [6.07, 6.45) is 3.50. The predicted molar refractivity (Wildman–Crippen MR) is 117 cm³/mol. The number of amides is 1. The number of hydrogen-bond acceptors (Lipinski definition) is 3. The Morgan fingerprint density at radius 1 is 1.14 bits per heavy atom. The Bertz CT molecular complexity index is 984. The van der Waals surface area contributed by atoms with Crippen molar-refractivity contribution in [3.8, 4) is 0 Å². The van der Waals surface area contributed by atoms with E-state index in [1.54, 1.807) is 0 Å². The second-order valence-electron chi connectivity index (χ2n) is 8.24. The first-order valence-electron chi connectivity index (χ1n) is 10.6. The lowest BCUT2D eigenvalue weighted by Crippen LogP contribution is -2.27. The Balaban J connectivity index is 1.25. The Morgan fingerprint density at radius 3 is 2.69 bits per heavy atom. The SMILES string of the molecule is Cc1ccc2[nH]c(CCNC(=O)Cc3ccc(CC4CCNC4)cc3)nc2c1C. The van der Waals surface area contributed by atoms with Crippen LogP contribution in [-0.2, 0) is 24.1 Å². The third-order valence-electron chi connectivity index (χ3n) is 5.99. The maximum atomic E-state index is 12.3. The highest BCUT2D eigenvalue weighted by molar-refractivity contribution is 5.80. The summed E-state index contributed by atoms with van der Waals surface area (Å²) >= 11 is 0. The van der Waals surface area contributed by atoms with Crippen LogP contribution in [0.4, 0.5) is 0 Å². The Labute approximate surface area is 172 Å². The van der Waals surface area contributed by atoms with E-state index in [-0.39, 0.29) is 5.91 Å². The lowest BCUT2D eigenvalue weighted by atomic mass is 9.97. The lowest BCUT2D eigenvalue weighted by molar-refractivity contribution is -0.120. The van der Waals surface area contributed by atoms with Crippen molar-refractivity contribution in [2.24, 2.45) is 5.92 Å². The quantitative estimate of drug-likeness (QED) is 0.580. The molecule has 3 N–H and O–H groups in total. The topological polar surface area (TPSA) is 69.8 Å². The van der Waals surface area contributed by atoms with Crippen LogP contribution in [0.3, 0.4) is 0 Å². The van der Waals surface area contributed by atoms with Crippen molar-refractivity contribution < 1.29 is 4.79 Å². The first-order valence-corrected chi connectivity index (χ1v) is 10.6. The van der Waals surface area contributed by atoms with Crippen molar-refractivity contribution in [3.05, 3.63) is 64.5 Å². The molecule has 1 aromatic heterocycles. The number of aryl methyl sites for hydroxylation is 2. The van der Waals surface area contributed by atoms with Crippen molar-refractivity contribution in [2.75, 3.05) is 19.6 Å². The van der Waals surface area contributed by atoms with Gasteiger partial charge < -0.3 is 15.6 Å². The maximum absolute atomic E-state index is 12.3. The average molecular weight is 391 g/mol. The minimum Gasteiger partial charge on any atom is -0.355 e. The molecule has 2 aromatic carbocycles. The van der Waals surface area contributed by atoms with Gasteiger partial charge in [-0.15, -0.1) is 0 Å². The molecule has 1 aliphatic rings. The molecule has 1 saturated heterocycles. The van der Waals surface area contributed by atoms with Crippen molar-refractivity contribution in [1.29, 1.82) is 0 Å². The number of H-pyrrole nitrogens is 1. The minimum atomic E-state index is 0.0564. The van der Waals surface area contributed by atoms with Crippen LogP contribution in [0.25, 0.3) is 11.0 Å². The number of fused-ring (bicyclic) bond motifs is 1. The molecule has 152 valence electrons. The van der Waals surface area contributed by atoms with E-state index in [0.717, 1.165) is 47.8 Å². The number of imidazole rings is 1. The molecular weight excluding hydrogens is 360 g/mol. The van der Waals surface area contributed by atoms with Crippen LogP contribution in [0.2, 0.25) is 0 Å². The second-order valence-corrected chi connectivity index (χ2v) is 8.24. The highest BCUT2D eigenvalue weighted by atomic mass is 16.1. The highest BCUT2D eigenvalue weighted by Crippen LogP contribution is 2.19. The number of carbonyl (C=O) groups is 1. The standard InChI is InChI=1S/C24H30N4O/c1-16-3-8-21-24(17(16)2)28-22(27-21)10-12-26-23(29)14-19-6-4-18(5-7-19)13-20-9-11-25-15-20/h3-8,20,25H,9-15H2,1-2H3,(H,26,29)(H,27,28). The number of rotatable bonds is 7. The van der Waals surface area contributed by atoms with Crippen LogP contribution in [0.1, 0.15) is 34.5 Å². The molecule has 3 aromatic rings. The summed E-state index contributed by atoms with van der Waals surface area (Å²) < 4.78 is 0. The van der Waals surface area contributed by atoms with Gasteiger partial charge in [-0.25, -0.2) is 4.98 Å². The third-order valence-corrected chi connectivity index (χ3v) is 5.99. The van der Waals surface area contributed by atoms with Crippen molar-refractivity contribution >= 4 is 16.9 Å². The van der Waals surface area contributed by atoms with E-state index in [9.17, 15) is 4.79 Å². The van der Waals surface area contributed by atoms with E-state index in [1.165, 1.54) is 23.1 Å². The lowest BCUT2D eigenvalue weighted by Gasteiger charge is -2.09. The summed E-state index contributed by atoms with van der Waals surface area (Å²) in [5, 5.41) is 6.43. The van der Waals surface area contributed by atoms with Crippen LogP contribution in [0.15, 0.2) is 36.4 Å². The molecule has 5 heteroatoms. The molecular formula is C24H30N4O. The van der Waals surface area contributed by atoms with Gasteiger partial charge in [-0.1, -0.05) is 30.3 Å². The monoisotopic (exact) mass is 390 g/mol. The first-order chi connectivity index (χ1) is 14.1. The molecule has 1 atom stereocenters. The van der Waals surface area contributed by atoms with E-state index in [1.807, 2.05) is 0 Å². The summed E-state index contributed by atoms with van der Waals surface area (Å²) in [6.45, 7) is 7.04. The van der Waals surface area contributed by atoms with Gasteiger partial charge in [0, 0.05) is 13.0 Å². The Hall–Kier alpha value is -2.66. The molecule has 1 unspecified atom stereocenters. The van der Waals surface area contributed by atoms with Gasteiger partial charge in [-0.3, -0.25) is 4.79 Å². The summed E-state index contributed by atoms with van der Waals surface area (Å²) in [7, 11) is 0. The number of hydrogen-bond donors (Lipinski definition) is 3. The molecule has 0 bridgehead atoms. The zero-order chi connectivity index (χ0) is 20.2. The van der Waals surface area contributed by atoms with Crippen LogP contribution < -0.4 is 10.6 Å². The molecule has 0 aliphatic carbocycles. The number of aromatic amines is 1. The molecule has 0 saturated carbocycles. The fourth-order valence-electron chi connectivity index (χ4n) is 4.07. The van der Waals surface area contributed by atoms with Gasteiger partial charge >= 0.3 is 0 Å². The van der Waals surface area contributed by atoms with Crippen LogP contribution in [0, 0.1) is 19.8 Å². The number of carbonyl (C=O) groups excluding carboxylic acids is 1. The maximum Gasteiger partial charge on any atom is 0.224 e. The molecule has 1 aliphatic heterocycles. The Kier molecular flexibility index (Phi) is 5.95. The van der Waals surface area contributed by atoms with Gasteiger partial charge in [-0.05, 0) is 74.0 Å². The highest BCUT2D eigenvalue weighted by Gasteiger charge is 2.14. The first kappa shape index (κ1) is 19.6. The summed E-state index contributed by atoms with van der Waals surface area (Å²) in [5.41, 5.74) is 6.96. The van der Waals surface area contributed by atoms with E-state index >= 15 is 0 Å². The van der Waals surface area contributed by atoms with Gasteiger partial charge in [0.1, 0.15) is 5.82 Å². The summed E-state index contributed by atoms with van der Waals surface area (Å²) in [4.78, 5) is 20.3. The fourth-order valence-corrected chi connectivity index (χ4v) is 4.07. The minimum absolute atomic E-state index is 0.0564. The number of nitrogens with zero attached hydrogens (tertiary/aromatic N) is 1. The third kappa shape index (κ3) is 4.85. The van der Waals surface area contributed by atoms with Crippen LogP contribution >= 0.6 is 0 Å². The van der Waals surface area contributed by atoms with Gasteiger partial charge in [0.25, 0.3) is 0 Å². The van der Waals surface area contributed by atoms with E-state index in [0.29, 0.717) is 19.4 Å². The number of aromatic nitrogens is 2. The smallest absolute Gasteiger partial charge is 0.224 e. The fraction of sp³-hybridized carbons (Fsp3) is 0.417. The molecule has 2 heterocycles. The van der Waals surface area contributed by atoms with E-state index in [4.69, 9.17) is 4.98 Å². The molecule has 29 heavy (non-hydrogen) atoms. The molecule has 1 fully saturated rings. The van der Waals surface area contributed by atoms with Crippen molar-refractivity contribution in [3.63, 3.8) is 0 Å². The van der Waals surface area contributed by atoms with Gasteiger partial charge in [0.15, 0.2) is 0 Å².